The molecule has 2 aromatic carbocycles. The fourth-order valence-corrected chi connectivity index (χ4v) is 3.11. The summed E-state index contributed by atoms with van der Waals surface area (Å²) in [6, 6.07) is 10.9. The molecular weight excluding hydrogens is 342 g/mol. The maximum Gasteiger partial charge on any atom is 0.235 e. The molecule has 0 radical (unpaired) electrons. The van der Waals surface area contributed by atoms with Crippen molar-refractivity contribution in [2.75, 3.05) is 26.6 Å². The number of nitrogens with one attached hydrogen (secondary N) is 1. The molecule has 1 saturated carbocycles. The standard InChI is InChI=1S/C19H20ClNO4/c1-23-13-6-4-12(5-7-13)19(8-9-19)18(22)21-15-11-16(24-2)14(20)10-17(15)25-3/h4-7,10-11H,8-9H2,1-3H3,(H,21,22). The zero-order chi connectivity index (χ0) is 18.0. The van der Waals surface area contributed by atoms with Gasteiger partial charge in [0.1, 0.15) is 17.2 Å². The van der Waals surface area contributed by atoms with E-state index in [4.69, 9.17) is 25.8 Å². The van der Waals surface area contributed by atoms with Crippen LogP contribution in [0.5, 0.6) is 17.2 Å². The fraction of sp³-hybridized carbons (Fsp3) is 0.316. The monoisotopic (exact) mass is 361 g/mol. The third-order valence-electron chi connectivity index (χ3n) is 4.55. The Morgan fingerprint density at radius 1 is 1.00 bits per heavy atom. The van der Waals surface area contributed by atoms with Gasteiger partial charge in [-0.1, -0.05) is 23.7 Å². The van der Waals surface area contributed by atoms with Crippen LogP contribution in [0.4, 0.5) is 5.69 Å². The minimum Gasteiger partial charge on any atom is -0.497 e. The van der Waals surface area contributed by atoms with Crippen molar-refractivity contribution in [1.29, 1.82) is 0 Å². The summed E-state index contributed by atoms with van der Waals surface area (Å²) in [5.74, 6) is 1.67. The van der Waals surface area contributed by atoms with Gasteiger partial charge in [0.2, 0.25) is 5.91 Å². The van der Waals surface area contributed by atoms with Crippen molar-refractivity contribution in [3.63, 3.8) is 0 Å². The average Bonchev–Trinajstić information content (AvgIpc) is 3.44. The van der Waals surface area contributed by atoms with Gasteiger partial charge in [-0.15, -0.1) is 0 Å². The molecule has 0 bridgehead atoms. The largest absolute Gasteiger partial charge is 0.497 e. The zero-order valence-electron chi connectivity index (χ0n) is 14.4. The summed E-state index contributed by atoms with van der Waals surface area (Å²) in [4.78, 5) is 12.9. The molecule has 0 aliphatic heterocycles. The van der Waals surface area contributed by atoms with Crippen molar-refractivity contribution >= 4 is 23.2 Å². The molecule has 6 heteroatoms. The van der Waals surface area contributed by atoms with Crippen LogP contribution in [-0.2, 0) is 10.2 Å². The van der Waals surface area contributed by atoms with Gasteiger partial charge in [-0.2, -0.15) is 0 Å². The maximum absolute atomic E-state index is 12.9. The van der Waals surface area contributed by atoms with Crippen molar-refractivity contribution in [2.24, 2.45) is 0 Å². The van der Waals surface area contributed by atoms with Gasteiger partial charge in [0.25, 0.3) is 0 Å². The van der Waals surface area contributed by atoms with E-state index in [1.165, 1.54) is 14.2 Å². The van der Waals surface area contributed by atoms with Gasteiger partial charge in [0.15, 0.2) is 0 Å². The number of halogens is 1. The smallest absolute Gasteiger partial charge is 0.235 e. The van der Waals surface area contributed by atoms with Gasteiger partial charge in [0.05, 0.1) is 37.5 Å². The number of carbonyl (C=O) groups excluding carboxylic acids is 1. The van der Waals surface area contributed by atoms with Crippen LogP contribution >= 0.6 is 11.6 Å². The molecule has 3 rings (SSSR count). The van der Waals surface area contributed by atoms with Gasteiger partial charge >= 0.3 is 0 Å². The maximum atomic E-state index is 12.9. The molecule has 25 heavy (non-hydrogen) atoms. The molecule has 0 heterocycles. The third kappa shape index (κ3) is 3.24. The van der Waals surface area contributed by atoms with Gasteiger partial charge in [0, 0.05) is 12.1 Å². The summed E-state index contributed by atoms with van der Waals surface area (Å²) in [5.41, 5.74) is 1.00. The topological polar surface area (TPSA) is 56.8 Å². The molecule has 0 unspecified atom stereocenters. The molecule has 1 aliphatic rings. The van der Waals surface area contributed by atoms with Crippen molar-refractivity contribution in [3.8, 4) is 17.2 Å². The third-order valence-corrected chi connectivity index (χ3v) is 4.84. The van der Waals surface area contributed by atoms with Crippen LogP contribution in [0, 0.1) is 0 Å². The number of anilines is 1. The Hall–Kier alpha value is -2.40. The molecule has 0 atom stereocenters. The van der Waals surface area contributed by atoms with Crippen LogP contribution in [0.2, 0.25) is 5.02 Å². The Bertz CT molecular complexity index is 785. The number of rotatable bonds is 6. The lowest BCUT2D eigenvalue weighted by Gasteiger charge is -2.18. The molecule has 0 spiro atoms. The van der Waals surface area contributed by atoms with Gasteiger partial charge in [-0.05, 0) is 30.5 Å². The Kier molecular flexibility index (Phi) is 4.77. The summed E-state index contributed by atoms with van der Waals surface area (Å²) < 4.78 is 15.7. The minimum absolute atomic E-state index is 0.0691. The number of methoxy groups -OCH3 is 3. The first-order valence-electron chi connectivity index (χ1n) is 7.91. The van der Waals surface area contributed by atoms with E-state index in [-0.39, 0.29) is 5.91 Å². The highest BCUT2D eigenvalue weighted by atomic mass is 35.5. The number of hydrogen-bond donors (Lipinski definition) is 1. The van der Waals surface area contributed by atoms with Crippen LogP contribution in [-0.4, -0.2) is 27.2 Å². The molecule has 1 aliphatic carbocycles. The predicted octanol–water partition coefficient (Wildman–Crippen LogP) is 4.04. The van der Waals surface area contributed by atoms with E-state index in [1.807, 2.05) is 24.3 Å². The summed E-state index contributed by atoms with van der Waals surface area (Å²) in [6.07, 6.45) is 1.61. The van der Waals surface area contributed by atoms with E-state index >= 15 is 0 Å². The van der Waals surface area contributed by atoms with Crippen molar-refractivity contribution < 1.29 is 19.0 Å². The molecule has 0 saturated heterocycles. The summed E-state index contributed by atoms with van der Waals surface area (Å²) >= 11 is 6.11. The number of amides is 1. The fourth-order valence-electron chi connectivity index (χ4n) is 2.88. The normalized spacial score (nSPS) is 14.6. The second-order valence-corrected chi connectivity index (χ2v) is 6.36. The highest BCUT2D eigenvalue weighted by molar-refractivity contribution is 6.32. The van der Waals surface area contributed by atoms with Gasteiger partial charge in [-0.25, -0.2) is 0 Å². The second kappa shape index (κ2) is 6.84. The Morgan fingerprint density at radius 2 is 1.64 bits per heavy atom. The lowest BCUT2D eigenvalue weighted by atomic mass is 9.94. The van der Waals surface area contributed by atoms with E-state index in [0.717, 1.165) is 24.2 Å². The summed E-state index contributed by atoms with van der Waals surface area (Å²) in [6.45, 7) is 0. The van der Waals surface area contributed by atoms with Gasteiger partial charge in [-0.3, -0.25) is 4.79 Å². The van der Waals surface area contributed by atoms with Crippen molar-refractivity contribution in [3.05, 3.63) is 47.0 Å². The van der Waals surface area contributed by atoms with E-state index in [0.29, 0.717) is 22.2 Å². The van der Waals surface area contributed by atoms with E-state index in [1.54, 1.807) is 19.2 Å². The molecular formula is C19H20ClNO4. The Labute approximate surface area is 151 Å². The van der Waals surface area contributed by atoms with Crippen LogP contribution < -0.4 is 19.5 Å². The number of hydrogen-bond acceptors (Lipinski definition) is 4. The van der Waals surface area contributed by atoms with Crippen LogP contribution in [0.15, 0.2) is 36.4 Å². The van der Waals surface area contributed by atoms with E-state index < -0.39 is 5.41 Å². The molecule has 0 aromatic heterocycles. The number of carbonyl (C=O) groups is 1. The SMILES string of the molecule is COc1ccc(C2(C(=O)Nc3cc(OC)c(Cl)cc3OC)CC2)cc1. The van der Waals surface area contributed by atoms with Gasteiger partial charge < -0.3 is 19.5 Å². The summed E-state index contributed by atoms with van der Waals surface area (Å²) in [7, 11) is 4.68. The number of benzene rings is 2. The molecule has 1 N–H and O–H groups in total. The zero-order valence-corrected chi connectivity index (χ0v) is 15.1. The molecule has 1 amide bonds. The highest BCUT2D eigenvalue weighted by Crippen LogP contribution is 2.50. The highest BCUT2D eigenvalue weighted by Gasteiger charge is 2.51. The first-order chi connectivity index (χ1) is 12.0. The minimum atomic E-state index is -0.510. The quantitative estimate of drug-likeness (QED) is 0.843. The van der Waals surface area contributed by atoms with Crippen LogP contribution in [0.3, 0.4) is 0 Å². The molecule has 5 nitrogen and oxygen atoms in total. The second-order valence-electron chi connectivity index (χ2n) is 5.95. The van der Waals surface area contributed by atoms with E-state index in [2.05, 4.69) is 5.32 Å². The predicted molar refractivity (Wildman–Crippen MR) is 97.1 cm³/mol. The van der Waals surface area contributed by atoms with Crippen LogP contribution in [0.25, 0.3) is 0 Å². The lowest BCUT2D eigenvalue weighted by Crippen LogP contribution is -2.28. The van der Waals surface area contributed by atoms with Crippen molar-refractivity contribution in [2.45, 2.75) is 18.3 Å². The Morgan fingerprint density at radius 3 is 2.16 bits per heavy atom. The Balaban J connectivity index is 1.86. The van der Waals surface area contributed by atoms with Crippen molar-refractivity contribution in [1.82, 2.24) is 0 Å². The first kappa shape index (κ1) is 17.4. The lowest BCUT2D eigenvalue weighted by molar-refractivity contribution is -0.118. The number of ether oxygens (including phenoxy) is 3. The molecule has 2 aromatic rings. The molecule has 132 valence electrons. The van der Waals surface area contributed by atoms with E-state index in [9.17, 15) is 4.79 Å². The first-order valence-corrected chi connectivity index (χ1v) is 8.29. The van der Waals surface area contributed by atoms with Crippen LogP contribution in [0.1, 0.15) is 18.4 Å². The molecule has 1 fully saturated rings. The summed E-state index contributed by atoms with van der Waals surface area (Å²) in [5, 5.41) is 3.38. The average molecular weight is 362 g/mol.